The Morgan fingerprint density at radius 2 is 2.50 bits per heavy atom. The monoisotopic (exact) mass is 219 g/mol. The van der Waals surface area contributed by atoms with Crippen LogP contribution in [0.15, 0.2) is 0 Å². The van der Waals surface area contributed by atoms with Gasteiger partial charge in [-0.3, -0.25) is 4.79 Å². The molecular weight excluding hydrogens is 202 g/mol. The van der Waals surface area contributed by atoms with Gasteiger partial charge in [0.25, 0.3) is 0 Å². The standard InChI is InChI=1S/C9H17NO3S/c1-13-4-5-14-7-9(12)10-3-2-8(11)6-10/h8,11H,2-7H2,1H3/t8-/m1/s1. The first-order valence-corrected chi connectivity index (χ1v) is 5.92. The summed E-state index contributed by atoms with van der Waals surface area (Å²) in [6.45, 7) is 1.88. The summed E-state index contributed by atoms with van der Waals surface area (Å²) in [4.78, 5) is 13.2. The van der Waals surface area contributed by atoms with E-state index in [0.717, 1.165) is 5.75 Å². The third kappa shape index (κ3) is 3.86. The topological polar surface area (TPSA) is 49.8 Å². The fourth-order valence-electron chi connectivity index (χ4n) is 1.36. The molecule has 0 aromatic heterocycles. The molecule has 0 unspecified atom stereocenters. The van der Waals surface area contributed by atoms with Gasteiger partial charge in [0.1, 0.15) is 0 Å². The van der Waals surface area contributed by atoms with Crippen LogP contribution in [0.3, 0.4) is 0 Å². The molecule has 14 heavy (non-hydrogen) atoms. The summed E-state index contributed by atoms with van der Waals surface area (Å²) in [5.74, 6) is 1.47. The number of likely N-dealkylation sites (tertiary alicyclic amines) is 1. The van der Waals surface area contributed by atoms with E-state index in [-0.39, 0.29) is 12.0 Å². The molecule has 0 bridgehead atoms. The molecule has 0 aliphatic carbocycles. The van der Waals surface area contributed by atoms with E-state index < -0.39 is 0 Å². The number of aliphatic hydroxyl groups is 1. The van der Waals surface area contributed by atoms with Crippen LogP contribution in [-0.4, -0.2) is 60.3 Å². The number of rotatable bonds is 5. The number of aliphatic hydroxyl groups excluding tert-OH is 1. The predicted molar refractivity (Wildman–Crippen MR) is 56.4 cm³/mol. The van der Waals surface area contributed by atoms with Crippen LogP contribution in [0.4, 0.5) is 0 Å². The predicted octanol–water partition coefficient (Wildman–Crippen LogP) is -0.0408. The van der Waals surface area contributed by atoms with Gasteiger partial charge in [0, 0.05) is 26.0 Å². The highest BCUT2D eigenvalue weighted by molar-refractivity contribution is 7.99. The molecule has 0 aromatic carbocycles. The van der Waals surface area contributed by atoms with E-state index in [1.807, 2.05) is 0 Å². The molecule has 1 fully saturated rings. The van der Waals surface area contributed by atoms with E-state index in [1.165, 1.54) is 0 Å². The summed E-state index contributed by atoms with van der Waals surface area (Å²) in [6, 6.07) is 0. The van der Waals surface area contributed by atoms with Crippen LogP contribution in [0, 0.1) is 0 Å². The fourth-order valence-corrected chi connectivity index (χ4v) is 2.15. The summed E-state index contributed by atoms with van der Waals surface area (Å²) >= 11 is 1.58. The van der Waals surface area contributed by atoms with Crippen molar-refractivity contribution in [2.75, 3.05) is 38.3 Å². The maximum absolute atomic E-state index is 11.5. The van der Waals surface area contributed by atoms with Crippen LogP contribution in [-0.2, 0) is 9.53 Å². The van der Waals surface area contributed by atoms with Crippen LogP contribution in [0.25, 0.3) is 0 Å². The van der Waals surface area contributed by atoms with Crippen molar-refractivity contribution in [1.82, 2.24) is 4.90 Å². The maximum Gasteiger partial charge on any atom is 0.232 e. The number of ether oxygens (including phenoxy) is 1. The van der Waals surface area contributed by atoms with Gasteiger partial charge in [0.05, 0.1) is 18.5 Å². The van der Waals surface area contributed by atoms with Crippen molar-refractivity contribution in [2.24, 2.45) is 0 Å². The number of β-amino-alcohol motifs (C(OH)–C–C–N with tert-alkyl or cyclic N) is 1. The molecule has 1 rings (SSSR count). The molecule has 0 spiro atoms. The molecular formula is C9H17NO3S. The van der Waals surface area contributed by atoms with E-state index in [9.17, 15) is 9.90 Å². The van der Waals surface area contributed by atoms with Gasteiger partial charge in [-0.15, -0.1) is 11.8 Å². The number of carbonyl (C=O) groups is 1. The second-order valence-electron chi connectivity index (χ2n) is 3.33. The average molecular weight is 219 g/mol. The Labute approximate surface area is 88.6 Å². The number of amides is 1. The summed E-state index contributed by atoms with van der Waals surface area (Å²) in [5, 5.41) is 9.24. The van der Waals surface area contributed by atoms with Crippen molar-refractivity contribution >= 4 is 17.7 Å². The second-order valence-corrected chi connectivity index (χ2v) is 4.43. The number of methoxy groups -OCH3 is 1. The molecule has 0 saturated carbocycles. The van der Waals surface area contributed by atoms with E-state index >= 15 is 0 Å². The van der Waals surface area contributed by atoms with Crippen LogP contribution < -0.4 is 0 Å². The zero-order chi connectivity index (χ0) is 10.4. The lowest BCUT2D eigenvalue weighted by molar-refractivity contribution is -0.127. The van der Waals surface area contributed by atoms with Gasteiger partial charge < -0.3 is 14.7 Å². The third-order valence-electron chi connectivity index (χ3n) is 2.17. The highest BCUT2D eigenvalue weighted by atomic mass is 32.2. The minimum Gasteiger partial charge on any atom is -0.391 e. The van der Waals surface area contributed by atoms with Gasteiger partial charge in [-0.05, 0) is 6.42 Å². The molecule has 0 aromatic rings. The van der Waals surface area contributed by atoms with Gasteiger partial charge in [0.2, 0.25) is 5.91 Å². The molecule has 1 saturated heterocycles. The highest BCUT2D eigenvalue weighted by Crippen LogP contribution is 2.11. The minimum atomic E-state index is -0.317. The largest absolute Gasteiger partial charge is 0.391 e. The SMILES string of the molecule is COCCSCC(=O)N1CC[C@@H](O)C1. The first kappa shape index (κ1) is 11.8. The van der Waals surface area contributed by atoms with Crippen molar-refractivity contribution < 1.29 is 14.6 Å². The van der Waals surface area contributed by atoms with Crippen LogP contribution in [0.2, 0.25) is 0 Å². The van der Waals surface area contributed by atoms with Crippen LogP contribution in [0.5, 0.6) is 0 Å². The normalized spacial score (nSPS) is 21.6. The van der Waals surface area contributed by atoms with E-state index in [0.29, 0.717) is 31.9 Å². The number of carbonyl (C=O) groups excluding carboxylic acids is 1. The molecule has 1 amide bonds. The molecule has 5 heteroatoms. The Kier molecular flexibility index (Phi) is 5.29. The van der Waals surface area contributed by atoms with Gasteiger partial charge in [-0.2, -0.15) is 0 Å². The molecule has 1 heterocycles. The first-order chi connectivity index (χ1) is 6.74. The molecule has 82 valence electrons. The van der Waals surface area contributed by atoms with E-state index in [4.69, 9.17) is 4.74 Å². The van der Waals surface area contributed by atoms with Gasteiger partial charge in [-0.1, -0.05) is 0 Å². The van der Waals surface area contributed by atoms with Crippen molar-refractivity contribution in [3.8, 4) is 0 Å². The lowest BCUT2D eigenvalue weighted by Gasteiger charge is -2.14. The van der Waals surface area contributed by atoms with Gasteiger partial charge in [0.15, 0.2) is 0 Å². The molecule has 1 N–H and O–H groups in total. The summed E-state index contributed by atoms with van der Waals surface area (Å²) in [7, 11) is 1.65. The quantitative estimate of drug-likeness (QED) is 0.659. The van der Waals surface area contributed by atoms with Gasteiger partial charge >= 0.3 is 0 Å². The van der Waals surface area contributed by atoms with E-state index in [2.05, 4.69) is 0 Å². The maximum atomic E-state index is 11.5. The molecule has 1 aliphatic heterocycles. The van der Waals surface area contributed by atoms with Crippen molar-refractivity contribution in [3.05, 3.63) is 0 Å². The first-order valence-electron chi connectivity index (χ1n) is 4.76. The number of nitrogens with zero attached hydrogens (tertiary/aromatic N) is 1. The Balaban J connectivity index is 2.09. The zero-order valence-electron chi connectivity index (χ0n) is 8.44. The number of hydrogen-bond donors (Lipinski definition) is 1. The third-order valence-corrected chi connectivity index (χ3v) is 3.08. The zero-order valence-corrected chi connectivity index (χ0v) is 9.26. The Morgan fingerprint density at radius 1 is 1.71 bits per heavy atom. The number of hydrogen-bond acceptors (Lipinski definition) is 4. The minimum absolute atomic E-state index is 0.127. The highest BCUT2D eigenvalue weighted by Gasteiger charge is 2.23. The Bertz CT molecular complexity index is 189. The van der Waals surface area contributed by atoms with Gasteiger partial charge in [-0.25, -0.2) is 0 Å². The van der Waals surface area contributed by atoms with Crippen LogP contribution in [0.1, 0.15) is 6.42 Å². The van der Waals surface area contributed by atoms with Crippen LogP contribution >= 0.6 is 11.8 Å². The average Bonchev–Trinajstić information content (AvgIpc) is 2.59. The second kappa shape index (κ2) is 6.27. The molecule has 4 nitrogen and oxygen atoms in total. The smallest absolute Gasteiger partial charge is 0.232 e. The van der Waals surface area contributed by atoms with E-state index in [1.54, 1.807) is 23.8 Å². The molecule has 1 atom stereocenters. The Hall–Kier alpha value is -0.260. The fraction of sp³-hybridized carbons (Fsp3) is 0.889. The molecule has 1 aliphatic rings. The van der Waals surface area contributed by atoms with Crippen molar-refractivity contribution in [2.45, 2.75) is 12.5 Å². The number of thioether (sulfide) groups is 1. The lowest BCUT2D eigenvalue weighted by atomic mass is 10.3. The summed E-state index contributed by atoms with van der Waals surface area (Å²) in [5.41, 5.74) is 0. The molecule has 0 radical (unpaired) electrons. The lowest BCUT2D eigenvalue weighted by Crippen LogP contribution is -2.31. The summed E-state index contributed by atoms with van der Waals surface area (Å²) in [6.07, 6.45) is 0.400. The van der Waals surface area contributed by atoms with Crippen molar-refractivity contribution in [1.29, 1.82) is 0 Å². The summed E-state index contributed by atoms with van der Waals surface area (Å²) < 4.78 is 4.88. The van der Waals surface area contributed by atoms with Crippen molar-refractivity contribution in [3.63, 3.8) is 0 Å². The Morgan fingerprint density at radius 3 is 3.07 bits per heavy atom.